The number of anilines is 1. The number of nitrogens with zero attached hydrogens (tertiary/aromatic N) is 1. The molecule has 3 N–H and O–H groups in total. The Morgan fingerprint density at radius 3 is 2.35 bits per heavy atom. The minimum Gasteiger partial charge on any atom is -0.391 e. The molecular weight excluding hydrogens is 294 g/mol. The molecule has 23 heavy (non-hydrogen) atoms. The molecule has 0 aliphatic rings. The van der Waals surface area contributed by atoms with E-state index in [0.29, 0.717) is 13.0 Å². The topological polar surface area (TPSA) is 81.7 Å². The number of carbonyl (C=O) groups is 2. The zero-order valence-electron chi connectivity index (χ0n) is 14.3. The van der Waals surface area contributed by atoms with E-state index in [0.717, 1.165) is 5.69 Å². The van der Waals surface area contributed by atoms with Gasteiger partial charge in [0.25, 0.3) is 0 Å². The minimum atomic E-state index is -0.536. The molecule has 1 aromatic carbocycles. The van der Waals surface area contributed by atoms with Gasteiger partial charge >= 0.3 is 6.03 Å². The van der Waals surface area contributed by atoms with Crippen LogP contribution in [0.15, 0.2) is 30.3 Å². The third-order valence-corrected chi connectivity index (χ3v) is 3.10. The van der Waals surface area contributed by atoms with Gasteiger partial charge < -0.3 is 15.3 Å². The van der Waals surface area contributed by atoms with Crippen molar-refractivity contribution in [3.63, 3.8) is 0 Å². The maximum atomic E-state index is 12.1. The van der Waals surface area contributed by atoms with Crippen LogP contribution < -0.4 is 15.5 Å². The van der Waals surface area contributed by atoms with Crippen LogP contribution in [0, 0.1) is 0 Å². The number of urea groups is 1. The Morgan fingerprint density at radius 1 is 1.22 bits per heavy atom. The van der Waals surface area contributed by atoms with Crippen molar-refractivity contribution in [1.82, 2.24) is 10.6 Å². The molecule has 0 fully saturated rings. The van der Waals surface area contributed by atoms with Gasteiger partial charge in [-0.1, -0.05) is 25.1 Å². The minimum absolute atomic E-state index is 0.00135. The van der Waals surface area contributed by atoms with Crippen molar-refractivity contribution < 1.29 is 14.7 Å². The SMILES string of the molecule is CCC(O)CN(CC(=O)NC(=O)NC(C)(C)C)c1ccccc1. The van der Waals surface area contributed by atoms with Gasteiger partial charge in [0, 0.05) is 17.8 Å². The third kappa shape index (κ3) is 7.65. The molecule has 0 saturated heterocycles. The van der Waals surface area contributed by atoms with Gasteiger partial charge in [0.1, 0.15) is 0 Å². The summed E-state index contributed by atoms with van der Waals surface area (Å²) < 4.78 is 0. The summed E-state index contributed by atoms with van der Waals surface area (Å²) >= 11 is 0. The summed E-state index contributed by atoms with van der Waals surface area (Å²) in [5.74, 6) is -0.418. The second kappa shape index (κ2) is 8.53. The van der Waals surface area contributed by atoms with E-state index in [4.69, 9.17) is 0 Å². The highest BCUT2D eigenvalue weighted by Crippen LogP contribution is 2.14. The second-order valence-corrected chi connectivity index (χ2v) is 6.53. The van der Waals surface area contributed by atoms with Crippen LogP contribution in [0.3, 0.4) is 0 Å². The maximum Gasteiger partial charge on any atom is 0.321 e. The van der Waals surface area contributed by atoms with Gasteiger partial charge in [0.15, 0.2) is 0 Å². The average molecular weight is 321 g/mol. The summed E-state index contributed by atoms with van der Waals surface area (Å²) in [4.78, 5) is 25.6. The number of nitrogens with one attached hydrogen (secondary N) is 2. The van der Waals surface area contributed by atoms with Crippen molar-refractivity contribution in [2.24, 2.45) is 0 Å². The molecular formula is C17H27N3O3. The van der Waals surface area contributed by atoms with Crippen molar-refractivity contribution in [3.8, 4) is 0 Å². The van der Waals surface area contributed by atoms with Gasteiger partial charge in [0.05, 0.1) is 12.6 Å². The highest BCUT2D eigenvalue weighted by molar-refractivity contribution is 5.96. The van der Waals surface area contributed by atoms with Crippen LogP contribution in [0.5, 0.6) is 0 Å². The first-order valence-corrected chi connectivity index (χ1v) is 7.81. The van der Waals surface area contributed by atoms with Crippen molar-refractivity contribution in [3.05, 3.63) is 30.3 Å². The summed E-state index contributed by atoms with van der Waals surface area (Å²) in [6, 6.07) is 8.83. The van der Waals surface area contributed by atoms with Gasteiger partial charge in [0.2, 0.25) is 5.91 Å². The van der Waals surface area contributed by atoms with Crippen LogP contribution in [-0.4, -0.2) is 41.8 Å². The maximum absolute atomic E-state index is 12.1. The summed E-state index contributed by atoms with van der Waals surface area (Å²) in [7, 11) is 0. The quantitative estimate of drug-likeness (QED) is 0.747. The molecule has 0 aliphatic heterocycles. The lowest BCUT2D eigenvalue weighted by molar-refractivity contribution is -0.118. The molecule has 6 nitrogen and oxygen atoms in total. The summed E-state index contributed by atoms with van der Waals surface area (Å²) in [6.07, 6.45) is 0.0570. The molecule has 0 aromatic heterocycles. The fourth-order valence-corrected chi connectivity index (χ4v) is 1.99. The normalized spacial score (nSPS) is 12.4. The summed E-state index contributed by atoms with van der Waals surface area (Å²) in [5.41, 5.74) is 0.411. The van der Waals surface area contributed by atoms with E-state index in [1.807, 2.05) is 58.0 Å². The number of para-hydroxylation sites is 1. The Labute approximate surface area is 137 Å². The Kier molecular flexibility index (Phi) is 7.03. The van der Waals surface area contributed by atoms with Crippen LogP contribution in [0.2, 0.25) is 0 Å². The summed E-state index contributed by atoms with van der Waals surface area (Å²) in [5, 5.41) is 14.9. The molecule has 0 saturated carbocycles. The number of aliphatic hydroxyl groups is 1. The van der Waals surface area contributed by atoms with E-state index >= 15 is 0 Å². The van der Waals surface area contributed by atoms with E-state index in [1.54, 1.807) is 4.90 Å². The van der Waals surface area contributed by atoms with Crippen LogP contribution in [-0.2, 0) is 4.79 Å². The molecule has 1 unspecified atom stereocenters. The Bertz CT molecular complexity index is 512. The number of amides is 3. The number of hydrogen-bond acceptors (Lipinski definition) is 4. The van der Waals surface area contributed by atoms with Crippen LogP contribution >= 0.6 is 0 Å². The third-order valence-electron chi connectivity index (χ3n) is 3.10. The fourth-order valence-electron chi connectivity index (χ4n) is 1.99. The van der Waals surface area contributed by atoms with Crippen LogP contribution in [0.4, 0.5) is 10.5 Å². The standard InChI is InChI=1S/C17H27N3O3/c1-5-14(21)11-20(13-9-7-6-8-10-13)12-15(22)18-16(23)19-17(2,3)4/h6-10,14,21H,5,11-12H2,1-4H3,(H2,18,19,22,23). The van der Waals surface area contributed by atoms with Crippen LogP contribution in [0.25, 0.3) is 0 Å². The molecule has 0 heterocycles. The highest BCUT2D eigenvalue weighted by Gasteiger charge is 2.19. The fraction of sp³-hybridized carbons (Fsp3) is 0.529. The lowest BCUT2D eigenvalue weighted by atomic mass is 10.1. The molecule has 3 amide bonds. The molecule has 6 heteroatoms. The zero-order valence-corrected chi connectivity index (χ0v) is 14.3. The van der Waals surface area contributed by atoms with Gasteiger partial charge in [-0.05, 0) is 39.3 Å². The van der Waals surface area contributed by atoms with Crippen molar-refractivity contribution >= 4 is 17.6 Å². The smallest absolute Gasteiger partial charge is 0.321 e. The van der Waals surface area contributed by atoms with Gasteiger partial charge in [-0.2, -0.15) is 0 Å². The first-order chi connectivity index (χ1) is 10.7. The van der Waals surface area contributed by atoms with E-state index in [2.05, 4.69) is 10.6 Å². The number of rotatable bonds is 6. The number of hydrogen-bond donors (Lipinski definition) is 3. The summed E-state index contributed by atoms with van der Waals surface area (Å²) in [6.45, 7) is 7.72. The van der Waals surface area contributed by atoms with Crippen molar-refractivity contribution in [1.29, 1.82) is 0 Å². The first kappa shape index (κ1) is 19.0. The second-order valence-electron chi connectivity index (χ2n) is 6.53. The van der Waals surface area contributed by atoms with E-state index in [-0.39, 0.29) is 6.54 Å². The highest BCUT2D eigenvalue weighted by atomic mass is 16.3. The van der Waals surface area contributed by atoms with Gasteiger partial charge in [-0.15, -0.1) is 0 Å². The van der Waals surface area contributed by atoms with Crippen LogP contribution in [0.1, 0.15) is 34.1 Å². The predicted molar refractivity (Wildman–Crippen MR) is 91.4 cm³/mol. The van der Waals surface area contributed by atoms with Crippen molar-refractivity contribution in [2.75, 3.05) is 18.0 Å². The van der Waals surface area contributed by atoms with Gasteiger partial charge in [-0.25, -0.2) is 4.79 Å². The Hall–Kier alpha value is -2.08. The molecule has 0 bridgehead atoms. The lowest BCUT2D eigenvalue weighted by Gasteiger charge is -2.27. The molecule has 128 valence electrons. The number of carbonyl (C=O) groups excluding carboxylic acids is 2. The zero-order chi connectivity index (χ0) is 17.5. The molecule has 0 radical (unpaired) electrons. The largest absolute Gasteiger partial charge is 0.391 e. The van der Waals surface area contributed by atoms with E-state index < -0.39 is 23.6 Å². The number of benzene rings is 1. The van der Waals surface area contributed by atoms with Gasteiger partial charge in [-0.3, -0.25) is 10.1 Å². The molecule has 0 spiro atoms. The van der Waals surface area contributed by atoms with E-state index in [1.165, 1.54) is 0 Å². The molecule has 0 aliphatic carbocycles. The number of imide groups is 1. The molecule has 1 aromatic rings. The molecule has 1 atom stereocenters. The Morgan fingerprint density at radius 2 is 1.83 bits per heavy atom. The van der Waals surface area contributed by atoms with Crippen molar-refractivity contribution in [2.45, 2.75) is 45.8 Å². The molecule has 1 rings (SSSR count). The monoisotopic (exact) mass is 321 g/mol. The van der Waals surface area contributed by atoms with E-state index in [9.17, 15) is 14.7 Å². The Balaban J connectivity index is 2.69. The predicted octanol–water partition coefficient (Wildman–Crippen LogP) is 1.89. The number of aliphatic hydroxyl groups excluding tert-OH is 1. The lowest BCUT2D eigenvalue weighted by Crippen LogP contribution is -2.50. The first-order valence-electron chi connectivity index (χ1n) is 7.81. The average Bonchev–Trinajstić information content (AvgIpc) is 2.45.